The van der Waals surface area contributed by atoms with Crippen LogP contribution in [0.1, 0.15) is 32.6 Å². The number of aliphatic hydroxyl groups is 1. The second-order valence-corrected chi connectivity index (χ2v) is 4.11. The molecule has 1 fully saturated rings. The lowest BCUT2D eigenvalue weighted by molar-refractivity contribution is -0.152. The topological polar surface area (TPSA) is 46.5 Å². The van der Waals surface area contributed by atoms with E-state index in [4.69, 9.17) is 4.74 Å². The smallest absolute Gasteiger partial charge is 0.315 e. The van der Waals surface area contributed by atoms with Crippen LogP contribution in [0.4, 0.5) is 0 Å². The number of carbonyl (C=O) groups excluding carboxylic acids is 1. The lowest BCUT2D eigenvalue weighted by Crippen LogP contribution is -2.41. The summed E-state index contributed by atoms with van der Waals surface area (Å²) < 4.78 is 4.69. The van der Waals surface area contributed by atoms with Crippen LogP contribution in [0.2, 0.25) is 0 Å². The summed E-state index contributed by atoms with van der Waals surface area (Å²) in [7, 11) is 1.34. The fourth-order valence-corrected chi connectivity index (χ4v) is 2.27. The van der Waals surface area contributed by atoms with Gasteiger partial charge in [-0.1, -0.05) is 25.0 Å². The maximum absolute atomic E-state index is 11.5. The van der Waals surface area contributed by atoms with Gasteiger partial charge in [-0.05, 0) is 19.8 Å². The minimum atomic E-state index is -0.918. The first-order valence-corrected chi connectivity index (χ1v) is 4.97. The number of ether oxygens (including phenoxy) is 1. The van der Waals surface area contributed by atoms with E-state index in [1.807, 2.05) is 0 Å². The summed E-state index contributed by atoms with van der Waals surface area (Å²) in [6, 6.07) is 0. The normalized spacial score (nSPS) is 21.6. The van der Waals surface area contributed by atoms with Crippen molar-refractivity contribution in [2.45, 2.75) is 38.2 Å². The SMILES string of the molecule is C=C(C)C(C(=O)OC)C1(O)CCCC1. The van der Waals surface area contributed by atoms with E-state index in [1.165, 1.54) is 7.11 Å². The third-order valence-corrected chi connectivity index (χ3v) is 2.94. The molecule has 80 valence electrons. The van der Waals surface area contributed by atoms with E-state index in [1.54, 1.807) is 6.92 Å². The Labute approximate surface area is 84.8 Å². The molecule has 14 heavy (non-hydrogen) atoms. The van der Waals surface area contributed by atoms with E-state index >= 15 is 0 Å². The van der Waals surface area contributed by atoms with Crippen molar-refractivity contribution in [2.75, 3.05) is 7.11 Å². The molecule has 0 amide bonds. The molecule has 0 aliphatic heterocycles. The molecule has 0 saturated heterocycles. The average Bonchev–Trinajstić information content (AvgIpc) is 2.51. The number of hydrogen-bond acceptors (Lipinski definition) is 3. The molecule has 1 N–H and O–H groups in total. The van der Waals surface area contributed by atoms with Crippen LogP contribution in [0.15, 0.2) is 12.2 Å². The maximum Gasteiger partial charge on any atom is 0.315 e. The van der Waals surface area contributed by atoms with Gasteiger partial charge in [-0.3, -0.25) is 4.79 Å². The average molecular weight is 198 g/mol. The third kappa shape index (κ3) is 1.98. The quantitative estimate of drug-likeness (QED) is 0.554. The van der Waals surface area contributed by atoms with Crippen LogP contribution in [0, 0.1) is 5.92 Å². The van der Waals surface area contributed by atoms with Gasteiger partial charge in [-0.25, -0.2) is 0 Å². The zero-order valence-electron chi connectivity index (χ0n) is 8.88. The fraction of sp³-hybridized carbons (Fsp3) is 0.727. The van der Waals surface area contributed by atoms with Gasteiger partial charge < -0.3 is 9.84 Å². The van der Waals surface area contributed by atoms with Gasteiger partial charge in [-0.2, -0.15) is 0 Å². The predicted octanol–water partition coefficient (Wildman–Crippen LogP) is 1.66. The molecule has 0 heterocycles. The van der Waals surface area contributed by atoms with Gasteiger partial charge >= 0.3 is 5.97 Å². The van der Waals surface area contributed by atoms with Crippen LogP contribution in [-0.4, -0.2) is 23.8 Å². The summed E-state index contributed by atoms with van der Waals surface area (Å²) in [6.45, 7) is 5.52. The van der Waals surface area contributed by atoms with Crippen molar-refractivity contribution in [1.29, 1.82) is 0 Å². The van der Waals surface area contributed by atoms with Crippen LogP contribution in [0.5, 0.6) is 0 Å². The fourth-order valence-electron chi connectivity index (χ4n) is 2.27. The molecule has 1 aliphatic carbocycles. The van der Waals surface area contributed by atoms with Crippen molar-refractivity contribution in [3.63, 3.8) is 0 Å². The molecule has 0 aromatic heterocycles. The number of rotatable bonds is 3. The Bertz CT molecular complexity index is 239. The summed E-state index contributed by atoms with van der Waals surface area (Å²) >= 11 is 0. The van der Waals surface area contributed by atoms with Crippen molar-refractivity contribution < 1.29 is 14.6 Å². The zero-order valence-corrected chi connectivity index (χ0v) is 8.88. The van der Waals surface area contributed by atoms with Gasteiger partial charge in [0.05, 0.1) is 12.7 Å². The first-order chi connectivity index (χ1) is 6.51. The van der Waals surface area contributed by atoms with Crippen molar-refractivity contribution in [1.82, 2.24) is 0 Å². The molecular weight excluding hydrogens is 180 g/mol. The lowest BCUT2D eigenvalue weighted by atomic mass is 9.81. The number of hydrogen-bond donors (Lipinski definition) is 1. The highest BCUT2D eigenvalue weighted by Gasteiger charge is 2.44. The second kappa shape index (κ2) is 4.13. The monoisotopic (exact) mass is 198 g/mol. The van der Waals surface area contributed by atoms with Crippen molar-refractivity contribution in [2.24, 2.45) is 5.92 Å². The van der Waals surface area contributed by atoms with Crippen LogP contribution in [0.25, 0.3) is 0 Å². The molecule has 1 atom stereocenters. The Morgan fingerprint density at radius 1 is 1.50 bits per heavy atom. The van der Waals surface area contributed by atoms with E-state index in [0.29, 0.717) is 18.4 Å². The van der Waals surface area contributed by atoms with Crippen molar-refractivity contribution in [3.8, 4) is 0 Å². The Balaban J connectivity index is 2.86. The van der Waals surface area contributed by atoms with Gasteiger partial charge in [0.1, 0.15) is 5.92 Å². The molecule has 1 saturated carbocycles. The van der Waals surface area contributed by atoms with E-state index in [0.717, 1.165) is 12.8 Å². The van der Waals surface area contributed by atoms with E-state index in [9.17, 15) is 9.90 Å². The van der Waals surface area contributed by atoms with Gasteiger partial charge in [0.15, 0.2) is 0 Å². The highest BCUT2D eigenvalue weighted by atomic mass is 16.5. The summed E-state index contributed by atoms with van der Waals surface area (Å²) in [5.41, 5.74) is -0.236. The molecule has 3 nitrogen and oxygen atoms in total. The molecule has 1 aliphatic rings. The maximum atomic E-state index is 11.5. The number of esters is 1. The molecule has 1 unspecified atom stereocenters. The summed E-state index contributed by atoms with van der Waals surface area (Å²) in [5, 5.41) is 10.3. The standard InChI is InChI=1S/C11H18O3/c1-8(2)9(10(12)14-3)11(13)6-4-5-7-11/h9,13H,1,4-7H2,2-3H3. The summed E-state index contributed by atoms with van der Waals surface area (Å²) in [4.78, 5) is 11.5. The Hall–Kier alpha value is -0.830. The van der Waals surface area contributed by atoms with Gasteiger partial charge in [0.25, 0.3) is 0 Å². The Kier molecular flexibility index (Phi) is 3.32. The van der Waals surface area contributed by atoms with Gasteiger partial charge in [0, 0.05) is 0 Å². The van der Waals surface area contributed by atoms with Crippen LogP contribution >= 0.6 is 0 Å². The molecule has 0 radical (unpaired) electrons. The predicted molar refractivity (Wildman–Crippen MR) is 53.7 cm³/mol. The van der Waals surface area contributed by atoms with Crippen LogP contribution in [0.3, 0.4) is 0 Å². The third-order valence-electron chi connectivity index (χ3n) is 2.94. The Morgan fingerprint density at radius 2 is 2.00 bits per heavy atom. The molecule has 0 spiro atoms. The first kappa shape index (κ1) is 11.2. The van der Waals surface area contributed by atoms with Crippen LogP contribution < -0.4 is 0 Å². The van der Waals surface area contributed by atoms with Crippen LogP contribution in [-0.2, 0) is 9.53 Å². The summed E-state index contributed by atoms with van der Waals surface area (Å²) in [6.07, 6.45) is 3.27. The highest BCUT2D eigenvalue weighted by Crippen LogP contribution is 2.39. The van der Waals surface area contributed by atoms with Gasteiger partial charge in [-0.15, -0.1) is 0 Å². The van der Waals surface area contributed by atoms with E-state index in [2.05, 4.69) is 6.58 Å². The highest BCUT2D eigenvalue weighted by molar-refractivity contribution is 5.77. The number of methoxy groups -OCH3 is 1. The minimum absolute atomic E-state index is 0.373. The zero-order chi connectivity index (χ0) is 10.8. The summed E-state index contributed by atoms with van der Waals surface area (Å²) in [5.74, 6) is -0.933. The molecule has 3 heteroatoms. The largest absolute Gasteiger partial charge is 0.468 e. The minimum Gasteiger partial charge on any atom is -0.468 e. The van der Waals surface area contributed by atoms with E-state index < -0.39 is 11.5 Å². The molecule has 1 rings (SSSR count). The molecule has 0 aromatic rings. The van der Waals surface area contributed by atoms with Crippen molar-refractivity contribution in [3.05, 3.63) is 12.2 Å². The number of carbonyl (C=O) groups is 1. The molecule has 0 bridgehead atoms. The second-order valence-electron chi connectivity index (χ2n) is 4.11. The molecule has 0 aromatic carbocycles. The lowest BCUT2D eigenvalue weighted by Gasteiger charge is -2.30. The Morgan fingerprint density at radius 3 is 2.36 bits per heavy atom. The van der Waals surface area contributed by atoms with Crippen molar-refractivity contribution >= 4 is 5.97 Å². The first-order valence-electron chi connectivity index (χ1n) is 4.97. The van der Waals surface area contributed by atoms with Gasteiger partial charge in [0.2, 0.25) is 0 Å². The molecular formula is C11H18O3. The van der Waals surface area contributed by atoms with E-state index in [-0.39, 0.29) is 5.97 Å².